The molecule has 0 bridgehead atoms. The maximum Gasteiger partial charge on any atom is 0.368 e. The number of hydrogen-bond donors (Lipinski definition) is 3. The molecule has 0 saturated carbocycles. The van der Waals surface area contributed by atoms with Gasteiger partial charge in [0.1, 0.15) is 5.36 Å². The van der Waals surface area contributed by atoms with Crippen molar-refractivity contribution >= 4 is 23.1 Å². The van der Waals surface area contributed by atoms with Gasteiger partial charge >= 0.3 is 6.03 Å². The summed E-state index contributed by atoms with van der Waals surface area (Å²) in [4.78, 5) is 18.0. The summed E-state index contributed by atoms with van der Waals surface area (Å²) < 4.78 is 0. The zero-order valence-electron chi connectivity index (χ0n) is 6.61. The molecular weight excluding hydrogens is 170 g/mol. The van der Waals surface area contributed by atoms with Gasteiger partial charge in [-0.3, -0.25) is 0 Å². The molecule has 1 heterocycles. The van der Waals surface area contributed by atoms with Crippen molar-refractivity contribution in [3.05, 3.63) is 16.8 Å². The van der Waals surface area contributed by atoms with Crippen LogP contribution in [0.3, 0.4) is 0 Å². The monoisotopic (exact) mass is 177 g/mol. The van der Waals surface area contributed by atoms with Crippen molar-refractivity contribution in [2.45, 2.75) is 0 Å². The highest BCUT2D eigenvalue weighted by Crippen LogP contribution is 2.15. The van der Waals surface area contributed by atoms with Gasteiger partial charge in [0.2, 0.25) is 0 Å². The van der Waals surface area contributed by atoms with E-state index in [1.54, 1.807) is 0 Å². The third-order valence-electron chi connectivity index (χ3n) is 1.81. The van der Waals surface area contributed by atoms with Gasteiger partial charge in [-0.25, -0.2) is 4.79 Å². The minimum atomic E-state index is -0.577. The molecule has 1 aliphatic heterocycles. The van der Waals surface area contributed by atoms with Crippen LogP contribution < -0.4 is 27.9 Å². The van der Waals surface area contributed by atoms with Gasteiger partial charge in [-0.15, -0.1) is 0 Å². The number of amides is 2. The average molecular weight is 177 g/mol. The van der Waals surface area contributed by atoms with Gasteiger partial charge < -0.3 is 17.2 Å². The van der Waals surface area contributed by atoms with Crippen molar-refractivity contribution < 1.29 is 4.79 Å². The maximum atomic E-state index is 10.8. The van der Waals surface area contributed by atoms with E-state index in [1.165, 1.54) is 6.07 Å². The zero-order chi connectivity index (χ0) is 9.59. The lowest BCUT2D eigenvalue weighted by atomic mass is 10.2. The van der Waals surface area contributed by atoms with E-state index in [-0.39, 0.29) is 11.4 Å². The predicted octanol–water partition coefficient (Wildman–Crippen LogP) is -1.19. The third kappa shape index (κ3) is 0.919. The fraction of sp³-hybridized carbons (Fsp3) is 0. The average Bonchev–Trinajstić information content (AvgIpc) is 2.42. The summed E-state index contributed by atoms with van der Waals surface area (Å²) in [5.74, 6) is 0. The molecule has 2 rings (SSSR count). The topological polar surface area (TPSA) is 120 Å². The molecule has 13 heavy (non-hydrogen) atoms. The van der Waals surface area contributed by atoms with Crippen LogP contribution in [0.2, 0.25) is 0 Å². The van der Waals surface area contributed by atoms with E-state index in [0.717, 1.165) is 0 Å². The Morgan fingerprint density at radius 1 is 1.08 bits per heavy atom. The summed E-state index contributed by atoms with van der Waals surface area (Å²) >= 11 is 0. The summed E-state index contributed by atoms with van der Waals surface area (Å²) in [6.07, 6.45) is 0. The van der Waals surface area contributed by atoms with Crippen LogP contribution >= 0.6 is 0 Å². The number of carbonyl (C=O) groups excluding carboxylic acids is 1. The van der Waals surface area contributed by atoms with E-state index in [9.17, 15) is 4.79 Å². The highest BCUT2D eigenvalue weighted by atomic mass is 16.2. The first kappa shape index (κ1) is 7.53. The standard InChI is InChI=1S/C7H7N5O/c8-2-1-3-6(5(10)4(2)9)12-7(13)11-3/h1H,8-10H2. The van der Waals surface area contributed by atoms with Crippen LogP contribution in [0, 0.1) is 0 Å². The molecule has 66 valence electrons. The molecule has 0 radical (unpaired) electrons. The van der Waals surface area contributed by atoms with Crippen LogP contribution in [0.4, 0.5) is 21.9 Å². The SMILES string of the molecule is Nc1cc2c(c(N)c1N)=NC(=O)N=2. The fourth-order valence-electron chi connectivity index (χ4n) is 1.14. The number of nitrogens with zero attached hydrogens (tertiary/aromatic N) is 2. The van der Waals surface area contributed by atoms with Gasteiger partial charge in [-0.05, 0) is 6.07 Å². The predicted molar refractivity (Wildman–Crippen MR) is 47.4 cm³/mol. The lowest BCUT2D eigenvalue weighted by molar-refractivity contribution is 0.257. The second kappa shape index (κ2) is 2.19. The molecule has 6 nitrogen and oxygen atoms in total. The maximum absolute atomic E-state index is 10.8. The number of urea groups is 1. The second-order valence-electron chi connectivity index (χ2n) is 2.67. The molecule has 0 fully saturated rings. The Kier molecular flexibility index (Phi) is 1.27. The van der Waals surface area contributed by atoms with Gasteiger partial charge in [-0.2, -0.15) is 9.98 Å². The van der Waals surface area contributed by atoms with E-state index in [2.05, 4.69) is 9.98 Å². The summed E-state index contributed by atoms with van der Waals surface area (Å²) in [6.45, 7) is 0. The molecule has 0 aromatic heterocycles. The van der Waals surface area contributed by atoms with Crippen LogP contribution in [-0.2, 0) is 0 Å². The van der Waals surface area contributed by atoms with Crippen molar-refractivity contribution in [1.82, 2.24) is 0 Å². The molecule has 0 saturated heterocycles. The number of anilines is 3. The first-order valence-electron chi connectivity index (χ1n) is 3.54. The Morgan fingerprint density at radius 3 is 2.46 bits per heavy atom. The Bertz CT molecular complexity index is 519. The Balaban J connectivity index is 2.98. The number of fused-ring (bicyclic) bond motifs is 1. The van der Waals surface area contributed by atoms with E-state index in [1.807, 2.05) is 0 Å². The summed E-state index contributed by atoms with van der Waals surface area (Å²) in [6, 6.07) is 0.904. The third-order valence-corrected chi connectivity index (χ3v) is 1.81. The first-order valence-corrected chi connectivity index (χ1v) is 3.54. The van der Waals surface area contributed by atoms with Crippen molar-refractivity contribution in [3.8, 4) is 0 Å². The van der Waals surface area contributed by atoms with Crippen molar-refractivity contribution in [3.63, 3.8) is 0 Å². The molecule has 1 aromatic rings. The highest BCUT2D eigenvalue weighted by molar-refractivity contribution is 5.82. The van der Waals surface area contributed by atoms with Gasteiger partial charge in [0.15, 0.2) is 0 Å². The Morgan fingerprint density at radius 2 is 1.77 bits per heavy atom. The van der Waals surface area contributed by atoms with E-state index in [0.29, 0.717) is 16.4 Å². The quantitative estimate of drug-likeness (QED) is 0.431. The molecule has 0 aliphatic carbocycles. The van der Waals surface area contributed by atoms with Crippen LogP contribution in [-0.4, -0.2) is 6.03 Å². The molecule has 0 unspecified atom stereocenters. The van der Waals surface area contributed by atoms with Crippen LogP contribution in [0.1, 0.15) is 0 Å². The fourth-order valence-corrected chi connectivity index (χ4v) is 1.14. The normalized spacial score (nSPS) is 13.4. The lowest BCUT2D eigenvalue weighted by Gasteiger charge is -2.01. The molecular formula is C7H7N5O. The van der Waals surface area contributed by atoms with Crippen molar-refractivity contribution in [2.24, 2.45) is 9.98 Å². The van der Waals surface area contributed by atoms with E-state index >= 15 is 0 Å². The van der Waals surface area contributed by atoms with Crippen LogP contribution in [0.15, 0.2) is 16.1 Å². The minimum Gasteiger partial charge on any atom is -0.397 e. The summed E-state index contributed by atoms with van der Waals surface area (Å²) in [7, 11) is 0. The number of carbonyl (C=O) groups is 1. The summed E-state index contributed by atoms with van der Waals surface area (Å²) in [5.41, 5.74) is 17.4. The number of nitrogens with two attached hydrogens (primary N) is 3. The molecule has 0 atom stereocenters. The van der Waals surface area contributed by atoms with Gasteiger partial charge in [0.05, 0.1) is 22.4 Å². The number of hydrogen-bond acceptors (Lipinski definition) is 4. The highest BCUT2D eigenvalue weighted by Gasteiger charge is 2.11. The van der Waals surface area contributed by atoms with Crippen molar-refractivity contribution in [1.29, 1.82) is 0 Å². The van der Waals surface area contributed by atoms with E-state index < -0.39 is 6.03 Å². The second-order valence-corrected chi connectivity index (χ2v) is 2.67. The Labute approximate surface area is 72.8 Å². The Hall–Kier alpha value is -2.11. The first-order chi connectivity index (χ1) is 6.09. The molecule has 6 N–H and O–H groups in total. The largest absolute Gasteiger partial charge is 0.397 e. The van der Waals surface area contributed by atoms with Gasteiger partial charge in [-0.1, -0.05) is 0 Å². The van der Waals surface area contributed by atoms with Crippen LogP contribution in [0.5, 0.6) is 0 Å². The molecule has 0 spiro atoms. The summed E-state index contributed by atoms with van der Waals surface area (Å²) in [5, 5.41) is 0.700. The molecule has 1 aromatic carbocycles. The molecule has 2 amide bonds. The minimum absolute atomic E-state index is 0.213. The van der Waals surface area contributed by atoms with E-state index in [4.69, 9.17) is 17.2 Å². The zero-order valence-corrected chi connectivity index (χ0v) is 6.61. The number of rotatable bonds is 0. The molecule has 6 heteroatoms. The van der Waals surface area contributed by atoms with Crippen molar-refractivity contribution in [2.75, 3.05) is 17.2 Å². The van der Waals surface area contributed by atoms with Gasteiger partial charge in [0.25, 0.3) is 0 Å². The molecule has 1 aliphatic rings. The number of benzene rings is 1. The smallest absolute Gasteiger partial charge is 0.368 e. The van der Waals surface area contributed by atoms with Crippen LogP contribution in [0.25, 0.3) is 0 Å². The lowest BCUT2D eigenvalue weighted by Crippen LogP contribution is -2.27. The van der Waals surface area contributed by atoms with Gasteiger partial charge in [0, 0.05) is 0 Å². The number of nitrogen functional groups attached to an aromatic ring is 3.